The molecule has 0 aliphatic carbocycles. The van der Waals surface area contributed by atoms with E-state index >= 15 is 0 Å². The summed E-state index contributed by atoms with van der Waals surface area (Å²) in [5.41, 5.74) is 4.22. The van der Waals surface area contributed by atoms with Crippen molar-refractivity contribution in [2.75, 3.05) is 0 Å². The van der Waals surface area contributed by atoms with Gasteiger partial charge < -0.3 is 4.98 Å². The number of hydrogen-bond acceptors (Lipinski definition) is 1. The second-order valence-electron chi connectivity index (χ2n) is 4.81. The molecular weight excluding hydrogens is 311 g/mol. The van der Waals surface area contributed by atoms with E-state index in [2.05, 4.69) is 57.7 Å². The van der Waals surface area contributed by atoms with Crippen molar-refractivity contribution in [3.05, 3.63) is 51.1 Å². The zero-order valence-corrected chi connectivity index (χ0v) is 11.3. The Morgan fingerprint density at radius 2 is 1.94 bits per heavy atom. The van der Waals surface area contributed by atoms with Gasteiger partial charge in [0.15, 0.2) is 0 Å². The Bertz CT molecular complexity index is 510. The first-order valence-corrected chi connectivity index (χ1v) is 6.51. The number of halogens is 1. The van der Waals surface area contributed by atoms with Crippen molar-refractivity contribution < 1.29 is 0 Å². The molecule has 82 valence electrons. The number of fused-ring (bicyclic) bond motifs is 2. The van der Waals surface area contributed by atoms with Crippen molar-refractivity contribution in [2.24, 2.45) is 0 Å². The van der Waals surface area contributed by atoms with Gasteiger partial charge in [-0.3, -0.25) is 4.98 Å². The van der Waals surface area contributed by atoms with Crippen LogP contribution in [0, 0.1) is 3.57 Å². The first-order valence-electron chi connectivity index (χ1n) is 5.43. The van der Waals surface area contributed by atoms with Gasteiger partial charge in [0.1, 0.15) is 0 Å². The fraction of sp³-hybridized carbons (Fsp3) is 0.308. The maximum atomic E-state index is 4.31. The molecule has 3 heteroatoms. The Labute approximate surface area is 109 Å². The van der Waals surface area contributed by atoms with Gasteiger partial charge in [-0.2, -0.15) is 0 Å². The maximum Gasteiger partial charge on any atom is 0.0401 e. The minimum atomic E-state index is 0.202. The first kappa shape index (κ1) is 10.3. The number of H-pyrrole nitrogens is 1. The second-order valence-corrected chi connectivity index (χ2v) is 6.06. The van der Waals surface area contributed by atoms with Crippen LogP contribution in [0.3, 0.4) is 0 Å². The number of aromatic nitrogens is 2. The molecule has 3 heterocycles. The van der Waals surface area contributed by atoms with E-state index in [4.69, 9.17) is 0 Å². The normalized spacial score (nSPS) is 17.4. The molecule has 3 rings (SSSR count). The number of hydrogen-bond donors (Lipinski definition) is 1. The minimum Gasteiger partial charge on any atom is -0.362 e. The Morgan fingerprint density at radius 3 is 2.56 bits per heavy atom. The third-order valence-electron chi connectivity index (χ3n) is 3.37. The molecule has 2 nitrogen and oxygen atoms in total. The molecule has 1 N–H and O–H groups in total. The molecule has 0 fully saturated rings. The van der Waals surface area contributed by atoms with E-state index in [1.54, 1.807) is 0 Å². The molecule has 0 spiro atoms. The molecule has 2 aromatic heterocycles. The predicted octanol–water partition coefficient (Wildman–Crippen LogP) is 3.07. The minimum absolute atomic E-state index is 0.202. The van der Waals surface area contributed by atoms with E-state index in [1.807, 2.05) is 12.4 Å². The number of aromatic amines is 1. The van der Waals surface area contributed by atoms with Gasteiger partial charge in [-0.1, -0.05) is 6.92 Å². The highest BCUT2D eigenvalue weighted by Crippen LogP contribution is 2.35. The molecule has 2 bridgehead atoms. The van der Waals surface area contributed by atoms with Crippen LogP contribution >= 0.6 is 22.6 Å². The van der Waals surface area contributed by atoms with E-state index < -0.39 is 0 Å². The van der Waals surface area contributed by atoms with Gasteiger partial charge in [0.2, 0.25) is 0 Å². The average Bonchev–Trinajstić information content (AvgIpc) is 2.59. The van der Waals surface area contributed by atoms with Crippen molar-refractivity contribution in [1.29, 1.82) is 0 Å². The van der Waals surface area contributed by atoms with Crippen LogP contribution in [-0.2, 0) is 18.3 Å². The summed E-state index contributed by atoms with van der Waals surface area (Å²) in [6.07, 6.45) is 6.07. The molecule has 1 aliphatic heterocycles. The van der Waals surface area contributed by atoms with Crippen LogP contribution in [0.5, 0.6) is 0 Å². The summed E-state index contributed by atoms with van der Waals surface area (Å²) in [7, 11) is 0. The van der Waals surface area contributed by atoms with Crippen LogP contribution in [0.4, 0.5) is 0 Å². The van der Waals surface area contributed by atoms with Gasteiger partial charge in [-0.25, -0.2) is 0 Å². The van der Waals surface area contributed by atoms with Gasteiger partial charge >= 0.3 is 0 Å². The largest absolute Gasteiger partial charge is 0.362 e. The van der Waals surface area contributed by atoms with Gasteiger partial charge in [0.05, 0.1) is 0 Å². The first-order chi connectivity index (χ1) is 7.66. The summed E-state index contributed by atoms with van der Waals surface area (Å²) in [5.74, 6) is 0. The van der Waals surface area contributed by atoms with Gasteiger partial charge in [-0.05, 0) is 59.2 Å². The summed E-state index contributed by atoms with van der Waals surface area (Å²) in [6, 6.07) is 6.64. The lowest BCUT2D eigenvalue weighted by Crippen LogP contribution is -2.30. The van der Waals surface area contributed by atoms with Crippen LogP contribution < -0.4 is 0 Å². The molecular formula is C13H13IN2. The lowest BCUT2D eigenvalue weighted by Gasteiger charge is -2.31. The number of rotatable bonds is 1. The summed E-state index contributed by atoms with van der Waals surface area (Å²) >= 11 is 2.33. The zero-order valence-electron chi connectivity index (χ0n) is 9.13. The molecule has 0 radical (unpaired) electrons. The highest BCUT2D eigenvalue weighted by molar-refractivity contribution is 14.1. The van der Waals surface area contributed by atoms with Crippen molar-refractivity contribution in [2.45, 2.75) is 25.2 Å². The zero-order chi connectivity index (χ0) is 11.2. The Hall–Kier alpha value is -0.840. The van der Waals surface area contributed by atoms with E-state index in [0.717, 1.165) is 12.8 Å². The number of nitrogens with one attached hydrogen (secondary N) is 1. The van der Waals surface area contributed by atoms with E-state index in [1.165, 1.54) is 20.5 Å². The van der Waals surface area contributed by atoms with Crippen molar-refractivity contribution >= 4 is 22.6 Å². The summed E-state index contributed by atoms with van der Waals surface area (Å²) < 4.78 is 1.21. The standard InChI is InChI=1S/C13H13IN2/c1-13(9-4-10(14)8-15-7-9)5-11-2-3-12(6-13)16-11/h2-4,7-8,16H,5-6H2,1H3. The molecule has 0 saturated heterocycles. The van der Waals surface area contributed by atoms with Crippen LogP contribution in [-0.4, -0.2) is 9.97 Å². The third kappa shape index (κ3) is 1.67. The topological polar surface area (TPSA) is 28.7 Å². The van der Waals surface area contributed by atoms with Crippen LogP contribution in [0.25, 0.3) is 0 Å². The quantitative estimate of drug-likeness (QED) is 0.803. The smallest absolute Gasteiger partial charge is 0.0401 e. The molecule has 0 unspecified atom stereocenters. The van der Waals surface area contributed by atoms with Crippen molar-refractivity contribution in [3.63, 3.8) is 0 Å². The molecule has 0 atom stereocenters. The van der Waals surface area contributed by atoms with Crippen molar-refractivity contribution in [1.82, 2.24) is 9.97 Å². The lowest BCUT2D eigenvalue weighted by atomic mass is 9.75. The number of pyridine rings is 1. The van der Waals surface area contributed by atoms with E-state index in [0.29, 0.717) is 0 Å². The molecule has 0 saturated carbocycles. The van der Waals surface area contributed by atoms with Gasteiger partial charge in [-0.15, -0.1) is 0 Å². The Kier molecular flexibility index (Phi) is 2.31. The third-order valence-corrected chi connectivity index (χ3v) is 3.96. The summed E-state index contributed by atoms with van der Waals surface area (Å²) in [6.45, 7) is 2.33. The van der Waals surface area contributed by atoms with Gasteiger partial charge in [0, 0.05) is 32.8 Å². The Balaban J connectivity index is 2.02. The summed E-state index contributed by atoms with van der Waals surface area (Å²) in [4.78, 5) is 7.74. The van der Waals surface area contributed by atoms with Crippen LogP contribution in [0.15, 0.2) is 30.6 Å². The molecule has 1 aliphatic rings. The fourth-order valence-electron chi connectivity index (χ4n) is 2.55. The SMILES string of the molecule is CC1(c2cncc(I)c2)Cc2ccc([nH]2)C1. The lowest BCUT2D eigenvalue weighted by molar-refractivity contribution is 0.438. The Morgan fingerprint density at radius 1 is 1.25 bits per heavy atom. The van der Waals surface area contributed by atoms with Crippen molar-refractivity contribution in [3.8, 4) is 0 Å². The molecule has 16 heavy (non-hydrogen) atoms. The van der Waals surface area contributed by atoms with E-state index in [-0.39, 0.29) is 5.41 Å². The maximum absolute atomic E-state index is 4.31. The average molecular weight is 324 g/mol. The molecule has 2 aromatic rings. The second kappa shape index (κ2) is 3.58. The highest BCUT2D eigenvalue weighted by atomic mass is 127. The highest BCUT2D eigenvalue weighted by Gasteiger charge is 2.32. The van der Waals surface area contributed by atoms with Crippen LogP contribution in [0.2, 0.25) is 0 Å². The van der Waals surface area contributed by atoms with E-state index in [9.17, 15) is 0 Å². The molecule has 0 amide bonds. The van der Waals surface area contributed by atoms with Gasteiger partial charge in [0.25, 0.3) is 0 Å². The monoisotopic (exact) mass is 324 g/mol. The summed E-state index contributed by atoms with van der Waals surface area (Å²) in [5, 5.41) is 0. The molecule has 0 aromatic carbocycles. The fourth-order valence-corrected chi connectivity index (χ4v) is 3.04. The predicted molar refractivity (Wildman–Crippen MR) is 72.5 cm³/mol. The van der Waals surface area contributed by atoms with Crippen LogP contribution in [0.1, 0.15) is 23.9 Å². The number of nitrogens with zero attached hydrogens (tertiary/aromatic N) is 1.